The number of para-hydroxylation sites is 2. The van der Waals surface area contributed by atoms with E-state index in [2.05, 4.69) is 4.98 Å². The smallest absolute Gasteiger partial charge is 0.433 e. The van der Waals surface area contributed by atoms with Crippen molar-refractivity contribution in [3.8, 4) is 28.7 Å². The van der Waals surface area contributed by atoms with Gasteiger partial charge < -0.3 is 19.5 Å². The molecule has 8 nitrogen and oxygen atoms in total. The first kappa shape index (κ1) is 27.3. The van der Waals surface area contributed by atoms with Crippen LogP contribution in [0, 0.1) is 11.3 Å². The van der Waals surface area contributed by atoms with Gasteiger partial charge in [0.25, 0.3) is 5.91 Å². The van der Waals surface area contributed by atoms with Crippen LogP contribution in [0.25, 0.3) is 11.1 Å². The number of nitriles is 1. The summed E-state index contributed by atoms with van der Waals surface area (Å²) in [5.74, 6) is -1.31. The molecule has 0 fully saturated rings. The molecule has 192 valence electrons. The molecule has 3 aromatic rings. The van der Waals surface area contributed by atoms with Crippen LogP contribution >= 0.6 is 11.6 Å². The minimum atomic E-state index is -4.75. The topological polar surface area (TPSA) is 113 Å². The summed E-state index contributed by atoms with van der Waals surface area (Å²) in [4.78, 5) is 29.0. The Hall–Kier alpha value is -4.30. The zero-order chi connectivity index (χ0) is 27.3. The van der Waals surface area contributed by atoms with Gasteiger partial charge in [-0.15, -0.1) is 0 Å². The number of benzene rings is 2. The van der Waals surface area contributed by atoms with Crippen LogP contribution in [0.3, 0.4) is 0 Å². The predicted molar refractivity (Wildman–Crippen MR) is 128 cm³/mol. The fourth-order valence-electron chi connectivity index (χ4n) is 3.41. The van der Waals surface area contributed by atoms with Crippen molar-refractivity contribution in [3.05, 3.63) is 70.5 Å². The van der Waals surface area contributed by atoms with Crippen molar-refractivity contribution in [1.82, 2.24) is 4.98 Å². The van der Waals surface area contributed by atoms with E-state index in [0.717, 1.165) is 6.20 Å². The van der Waals surface area contributed by atoms with Gasteiger partial charge in [0.05, 0.1) is 48.0 Å². The van der Waals surface area contributed by atoms with E-state index in [1.165, 1.54) is 31.2 Å². The van der Waals surface area contributed by atoms with Crippen molar-refractivity contribution in [2.24, 2.45) is 0 Å². The number of pyridine rings is 1. The summed E-state index contributed by atoms with van der Waals surface area (Å²) in [6.45, 7) is -0.124. The second-order valence-electron chi connectivity index (χ2n) is 7.58. The highest BCUT2D eigenvalue weighted by Gasteiger charge is 2.33. The first-order chi connectivity index (χ1) is 17.5. The van der Waals surface area contributed by atoms with Crippen molar-refractivity contribution in [2.45, 2.75) is 12.6 Å². The number of carboxylic acids is 1. The van der Waals surface area contributed by atoms with Crippen LogP contribution in [0.15, 0.2) is 48.7 Å². The number of halogens is 4. The number of hydrogen-bond donors (Lipinski definition) is 1. The van der Waals surface area contributed by atoms with Gasteiger partial charge in [-0.2, -0.15) is 18.4 Å². The monoisotopic (exact) mass is 533 g/mol. The molecule has 37 heavy (non-hydrogen) atoms. The summed E-state index contributed by atoms with van der Waals surface area (Å²) in [6.07, 6.45) is -4.13. The molecule has 1 amide bonds. The quantitative estimate of drug-likeness (QED) is 0.410. The lowest BCUT2D eigenvalue weighted by Crippen LogP contribution is -2.27. The van der Waals surface area contributed by atoms with Crippen LogP contribution in [0.1, 0.15) is 28.0 Å². The van der Waals surface area contributed by atoms with Crippen LogP contribution < -0.4 is 14.4 Å². The van der Waals surface area contributed by atoms with Crippen LogP contribution in [-0.2, 0) is 11.0 Å². The summed E-state index contributed by atoms with van der Waals surface area (Å²) in [5.41, 5.74) is -1.16. The van der Waals surface area contributed by atoms with Gasteiger partial charge in [0.2, 0.25) is 0 Å². The lowest BCUT2D eigenvalue weighted by atomic mass is 9.98. The van der Waals surface area contributed by atoms with Crippen LogP contribution in [0.5, 0.6) is 11.5 Å². The third-order valence-electron chi connectivity index (χ3n) is 5.23. The minimum absolute atomic E-state index is 0.00254. The number of anilines is 1. The summed E-state index contributed by atoms with van der Waals surface area (Å²) >= 11 is 6.35. The first-order valence-electron chi connectivity index (χ1n) is 10.5. The number of hydrogen-bond acceptors (Lipinski definition) is 6. The number of rotatable bonds is 8. The Morgan fingerprint density at radius 2 is 1.86 bits per heavy atom. The van der Waals surface area contributed by atoms with E-state index in [4.69, 9.17) is 26.2 Å². The number of carboxylic acid groups (broad SMARTS) is 1. The molecule has 0 aliphatic carbocycles. The average molecular weight is 534 g/mol. The number of nitrogens with zero attached hydrogens (tertiary/aromatic N) is 3. The van der Waals surface area contributed by atoms with Crippen molar-refractivity contribution in [3.63, 3.8) is 0 Å². The summed E-state index contributed by atoms with van der Waals surface area (Å²) in [7, 11) is 2.77. The summed E-state index contributed by atoms with van der Waals surface area (Å²) in [5, 5.41) is 18.3. The Morgan fingerprint density at radius 3 is 2.49 bits per heavy atom. The maximum Gasteiger partial charge on any atom is 0.433 e. The zero-order valence-electron chi connectivity index (χ0n) is 19.5. The largest absolute Gasteiger partial charge is 0.496 e. The van der Waals surface area contributed by atoms with E-state index < -0.39 is 23.7 Å². The average Bonchev–Trinajstić information content (AvgIpc) is 2.86. The molecule has 0 saturated carbocycles. The Balaban J connectivity index is 2.06. The molecule has 0 radical (unpaired) electrons. The second kappa shape index (κ2) is 11.2. The lowest BCUT2D eigenvalue weighted by molar-refractivity contribution is -0.141. The van der Waals surface area contributed by atoms with Gasteiger partial charge in [-0.3, -0.25) is 14.6 Å². The van der Waals surface area contributed by atoms with E-state index in [-0.39, 0.29) is 51.8 Å². The molecule has 3 rings (SSSR count). The van der Waals surface area contributed by atoms with Gasteiger partial charge in [-0.1, -0.05) is 23.7 Å². The Labute approximate surface area is 214 Å². The molecule has 12 heteroatoms. The zero-order valence-corrected chi connectivity index (χ0v) is 20.2. The molecular weight excluding hydrogens is 515 g/mol. The number of carbonyl (C=O) groups is 2. The fraction of sp³-hybridized carbons (Fsp3) is 0.200. The van der Waals surface area contributed by atoms with Gasteiger partial charge in [-0.05, 0) is 24.3 Å². The third kappa shape index (κ3) is 6.10. The molecule has 0 aliphatic rings. The lowest BCUT2D eigenvalue weighted by Gasteiger charge is -2.22. The van der Waals surface area contributed by atoms with E-state index >= 15 is 0 Å². The third-order valence-corrected chi connectivity index (χ3v) is 5.54. The van der Waals surface area contributed by atoms with Gasteiger partial charge in [0, 0.05) is 30.4 Å². The van der Waals surface area contributed by atoms with Crippen molar-refractivity contribution in [1.29, 1.82) is 5.26 Å². The molecule has 0 aliphatic heterocycles. The maximum absolute atomic E-state index is 13.5. The predicted octanol–water partition coefficient (Wildman–Crippen LogP) is 5.43. The van der Waals surface area contributed by atoms with E-state index in [9.17, 15) is 28.0 Å². The van der Waals surface area contributed by atoms with Crippen molar-refractivity contribution < 1.29 is 37.3 Å². The number of methoxy groups -OCH3 is 1. The normalized spacial score (nSPS) is 10.9. The van der Waals surface area contributed by atoms with Gasteiger partial charge in [0.15, 0.2) is 0 Å². The molecule has 1 heterocycles. The van der Waals surface area contributed by atoms with Gasteiger partial charge in [-0.25, -0.2) is 0 Å². The Kier molecular flexibility index (Phi) is 8.24. The molecule has 0 atom stereocenters. The fourth-order valence-corrected chi connectivity index (χ4v) is 3.67. The van der Waals surface area contributed by atoms with Gasteiger partial charge in [0.1, 0.15) is 17.2 Å². The summed E-state index contributed by atoms with van der Waals surface area (Å²) < 4.78 is 50.1. The van der Waals surface area contributed by atoms with Gasteiger partial charge >= 0.3 is 12.1 Å². The summed E-state index contributed by atoms with van der Waals surface area (Å²) in [6, 6.07) is 11.4. The Morgan fingerprint density at radius 1 is 1.16 bits per heavy atom. The number of ether oxygens (including phenoxy) is 2. The molecular formula is C25H19ClF3N3O5. The van der Waals surface area contributed by atoms with Crippen LogP contribution in [0.4, 0.5) is 18.9 Å². The number of aliphatic carboxylic acids is 1. The van der Waals surface area contributed by atoms with Crippen molar-refractivity contribution in [2.75, 3.05) is 25.7 Å². The molecule has 1 N–H and O–H groups in total. The van der Waals surface area contributed by atoms with Crippen molar-refractivity contribution >= 4 is 29.2 Å². The molecule has 0 bridgehead atoms. The van der Waals surface area contributed by atoms with E-state index in [1.807, 2.05) is 0 Å². The number of amides is 1. The molecule has 0 spiro atoms. The standard InChI is InChI=1S/C25H19ClF3N3O5/c1-32(19-5-3-4-6-20(19)37-8-7-23(33)34)24(35)16-10-15(18(26)11-21(16)36-2)17-13-31-22(25(27,28)29)9-14(17)12-30/h3-6,9-11,13H,7-8H2,1-2H3,(H,33,34). The van der Waals surface area contributed by atoms with E-state index in [1.54, 1.807) is 30.3 Å². The maximum atomic E-state index is 13.5. The molecule has 0 unspecified atom stereocenters. The molecule has 2 aromatic carbocycles. The van der Waals surface area contributed by atoms with Crippen LogP contribution in [-0.4, -0.2) is 42.7 Å². The van der Waals surface area contributed by atoms with Crippen LogP contribution in [0.2, 0.25) is 5.02 Å². The highest BCUT2D eigenvalue weighted by atomic mass is 35.5. The number of carbonyl (C=O) groups excluding carboxylic acids is 1. The molecule has 1 aromatic heterocycles. The van der Waals surface area contributed by atoms with E-state index in [0.29, 0.717) is 11.8 Å². The highest BCUT2D eigenvalue weighted by Crippen LogP contribution is 2.38. The number of aromatic nitrogens is 1. The molecule has 0 saturated heterocycles. The SMILES string of the molecule is COc1cc(Cl)c(-c2cnc(C(F)(F)F)cc2C#N)cc1C(=O)N(C)c1ccccc1OCCC(=O)O. The number of alkyl halides is 3. The highest BCUT2D eigenvalue weighted by molar-refractivity contribution is 6.34. The first-order valence-corrected chi connectivity index (χ1v) is 10.9. The minimum Gasteiger partial charge on any atom is -0.496 e. The Bertz CT molecular complexity index is 1390. The second-order valence-corrected chi connectivity index (χ2v) is 7.99.